The Kier molecular flexibility index (Phi) is 6.28. The third-order valence-electron chi connectivity index (χ3n) is 4.53. The molecular formula is C20H27N5O2S. The lowest BCUT2D eigenvalue weighted by Gasteiger charge is -2.27. The molecule has 1 unspecified atom stereocenters. The van der Waals surface area contributed by atoms with Crippen molar-refractivity contribution in [2.24, 2.45) is 11.7 Å². The molecule has 3 rings (SSSR count). The van der Waals surface area contributed by atoms with Crippen molar-refractivity contribution in [3.8, 4) is 5.75 Å². The maximum absolute atomic E-state index is 12.2. The van der Waals surface area contributed by atoms with Crippen molar-refractivity contribution in [3.63, 3.8) is 0 Å². The van der Waals surface area contributed by atoms with Crippen molar-refractivity contribution in [2.75, 3.05) is 17.7 Å². The number of nitrogens with zero attached hydrogens (tertiary/aromatic N) is 3. The van der Waals surface area contributed by atoms with Crippen molar-refractivity contribution in [1.29, 1.82) is 0 Å². The quantitative estimate of drug-likeness (QED) is 0.657. The van der Waals surface area contributed by atoms with Gasteiger partial charge in [-0.15, -0.1) is 5.10 Å². The third kappa shape index (κ3) is 4.32. The second-order valence-corrected chi connectivity index (χ2v) is 8.36. The molecule has 28 heavy (non-hydrogen) atoms. The van der Waals surface area contributed by atoms with E-state index in [9.17, 15) is 4.79 Å². The first-order valence-corrected chi connectivity index (χ1v) is 10.5. The van der Waals surface area contributed by atoms with Gasteiger partial charge in [-0.05, 0) is 42.7 Å². The van der Waals surface area contributed by atoms with Gasteiger partial charge in [-0.1, -0.05) is 44.7 Å². The number of hydrogen-bond acceptors (Lipinski definition) is 6. The normalized spacial score (nSPS) is 16.1. The molecule has 1 aromatic carbocycles. The van der Waals surface area contributed by atoms with Gasteiger partial charge in [-0.25, -0.2) is 4.68 Å². The molecule has 1 aliphatic rings. The Bertz CT molecular complexity index is 873. The summed E-state index contributed by atoms with van der Waals surface area (Å²) >= 11 is 1.55. The topological polar surface area (TPSA) is 95.1 Å². The van der Waals surface area contributed by atoms with E-state index >= 15 is 0 Å². The molecule has 150 valence electrons. The van der Waals surface area contributed by atoms with Crippen molar-refractivity contribution in [1.82, 2.24) is 14.8 Å². The summed E-state index contributed by atoms with van der Waals surface area (Å²) < 4.78 is 7.54. The van der Waals surface area contributed by atoms with Crippen LogP contribution in [0.4, 0.5) is 5.95 Å². The molecule has 8 heteroatoms. The summed E-state index contributed by atoms with van der Waals surface area (Å²) in [5, 5.41) is 8.41. The zero-order valence-corrected chi connectivity index (χ0v) is 17.5. The highest BCUT2D eigenvalue weighted by molar-refractivity contribution is 7.99. The number of anilines is 1. The van der Waals surface area contributed by atoms with Gasteiger partial charge < -0.3 is 15.8 Å². The zero-order chi connectivity index (χ0) is 20.3. The van der Waals surface area contributed by atoms with Crippen LogP contribution in [-0.2, 0) is 4.79 Å². The minimum atomic E-state index is -0.474. The molecule has 0 radical (unpaired) electrons. The minimum Gasteiger partial charge on any atom is -0.494 e. The number of fused-ring (bicyclic) bond motifs is 1. The van der Waals surface area contributed by atoms with E-state index in [2.05, 4.69) is 29.2 Å². The van der Waals surface area contributed by atoms with Crippen LogP contribution in [0.3, 0.4) is 0 Å². The lowest BCUT2D eigenvalue weighted by atomic mass is 9.95. The maximum Gasteiger partial charge on any atom is 0.248 e. The first-order chi connectivity index (χ1) is 13.4. The summed E-state index contributed by atoms with van der Waals surface area (Å²) in [7, 11) is 0. The van der Waals surface area contributed by atoms with Crippen LogP contribution in [0.1, 0.15) is 45.7 Å². The summed E-state index contributed by atoms with van der Waals surface area (Å²) in [6.45, 7) is 8.91. The van der Waals surface area contributed by atoms with E-state index in [4.69, 9.17) is 10.5 Å². The lowest BCUT2D eigenvalue weighted by molar-refractivity contribution is -0.115. The molecule has 1 aliphatic heterocycles. The summed E-state index contributed by atoms with van der Waals surface area (Å²) in [4.78, 5) is 16.7. The Labute approximate surface area is 169 Å². The Morgan fingerprint density at radius 2 is 2.07 bits per heavy atom. The minimum absolute atomic E-state index is 0.419. The molecule has 7 nitrogen and oxygen atoms in total. The largest absolute Gasteiger partial charge is 0.494 e. The molecule has 1 atom stereocenters. The number of hydrogen-bond donors (Lipinski definition) is 2. The first-order valence-electron chi connectivity index (χ1n) is 9.50. The third-order valence-corrected chi connectivity index (χ3v) is 5.25. The summed E-state index contributed by atoms with van der Waals surface area (Å²) in [6, 6.07) is 7.33. The highest BCUT2D eigenvalue weighted by Crippen LogP contribution is 2.36. The van der Waals surface area contributed by atoms with Gasteiger partial charge in [-0.2, -0.15) is 4.98 Å². The molecular weight excluding hydrogens is 374 g/mol. The van der Waals surface area contributed by atoms with Gasteiger partial charge in [0.2, 0.25) is 17.0 Å². The smallest absolute Gasteiger partial charge is 0.248 e. The lowest BCUT2D eigenvalue weighted by Crippen LogP contribution is -2.31. The van der Waals surface area contributed by atoms with Crippen molar-refractivity contribution in [3.05, 3.63) is 41.1 Å². The molecule has 1 aromatic heterocycles. The SMILES string of the molecule is CCSc1nc2n(n1)C(c1ccc(OCCC(C)C)cc1)C(C(N)=O)=C(C)N2. The van der Waals surface area contributed by atoms with E-state index in [1.165, 1.54) is 0 Å². The number of amides is 1. The van der Waals surface area contributed by atoms with Crippen LogP contribution >= 0.6 is 11.8 Å². The van der Waals surface area contributed by atoms with E-state index in [-0.39, 0.29) is 0 Å². The molecule has 1 amide bonds. The number of carbonyl (C=O) groups is 1. The fourth-order valence-electron chi connectivity index (χ4n) is 3.11. The van der Waals surface area contributed by atoms with E-state index in [0.717, 1.165) is 23.5 Å². The average Bonchev–Trinajstić information content (AvgIpc) is 3.03. The fourth-order valence-corrected chi connectivity index (χ4v) is 3.66. The molecule has 0 spiro atoms. The Morgan fingerprint density at radius 1 is 1.36 bits per heavy atom. The van der Waals surface area contributed by atoms with Crippen LogP contribution in [0.25, 0.3) is 0 Å². The van der Waals surface area contributed by atoms with Gasteiger partial charge >= 0.3 is 0 Å². The fraction of sp³-hybridized carbons (Fsp3) is 0.450. The number of benzene rings is 1. The number of thioether (sulfide) groups is 1. The number of nitrogens with two attached hydrogens (primary N) is 1. The second-order valence-electron chi connectivity index (χ2n) is 7.13. The van der Waals surface area contributed by atoms with Crippen molar-refractivity contribution < 1.29 is 9.53 Å². The standard InChI is InChI=1S/C20H27N5O2S/c1-5-28-20-23-19-22-13(4)16(18(21)26)17(25(19)24-20)14-6-8-15(9-7-14)27-11-10-12(2)3/h6-9,12,17H,5,10-11H2,1-4H3,(H2,21,26)(H,22,23,24). The number of allylic oxidation sites excluding steroid dienone is 1. The maximum atomic E-state index is 12.2. The summed E-state index contributed by atoms with van der Waals surface area (Å²) in [5.41, 5.74) is 7.79. The number of rotatable bonds is 8. The Hall–Kier alpha value is -2.48. The predicted molar refractivity (Wildman–Crippen MR) is 111 cm³/mol. The van der Waals surface area contributed by atoms with E-state index in [0.29, 0.717) is 34.9 Å². The summed E-state index contributed by atoms with van der Waals surface area (Å²) in [5.74, 6) is 2.41. The molecule has 2 heterocycles. The molecule has 0 saturated heterocycles. The average molecular weight is 402 g/mol. The highest BCUT2D eigenvalue weighted by Gasteiger charge is 2.33. The molecule has 3 N–H and O–H groups in total. The number of primary amides is 1. The van der Waals surface area contributed by atoms with Gasteiger partial charge in [0.1, 0.15) is 11.8 Å². The molecule has 0 saturated carbocycles. The number of ether oxygens (including phenoxy) is 1. The van der Waals surface area contributed by atoms with E-state index < -0.39 is 11.9 Å². The highest BCUT2D eigenvalue weighted by atomic mass is 32.2. The van der Waals surface area contributed by atoms with Crippen LogP contribution in [0.15, 0.2) is 40.7 Å². The Morgan fingerprint density at radius 3 is 2.68 bits per heavy atom. The monoisotopic (exact) mass is 401 g/mol. The van der Waals surface area contributed by atoms with Crippen molar-refractivity contribution >= 4 is 23.6 Å². The molecule has 0 aliphatic carbocycles. The van der Waals surface area contributed by atoms with Crippen molar-refractivity contribution in [2.45, 2.75) is 45.3 Å². The molecule has 0 fully saturated rings. The van der Waals surface area contributed by atoms with E-state index in [1.54, 1.807) is 16.4 Å². The van der Waals surface area contributed by atoms with Crippen LogP contribution < -0.4 is 15.8 Å². The number of carbonyl (C=O) groups excluding carboxylic acids is 1. The van der Waals surface area contributed by atoms with Gasteiger partial charge in [0.25, 0.3) is 0 Å². The first kappa shape index (κ1) is 20.3. The van der Waals surface area contributed by atoms with Gasteiger partial charge in [0, 0.05) is 5.70 Å². The van der Waals surface area contributed by atoms with Gasteiger partial charge in [0.15, 0.2) is 0 Å². The molecule has 0 bridgehead atoms. The Balaban J connectivity index is 1.92. The second kappa shape index (κ2) is 8.68. The molecule has 2 aromatic rings. The van der Waals surface area contributed by atoms with Crippen LogP contribution in [-0.4, -0.2) is 33.0 Å². The van der Waals surface area contributed by atoms with Crippen LogP contribution in [0.5, 0.6) is 5.75 Å². The summed E-state index contributed by atoms with van der Waals surface area (Å²) in [6.07, 6.45) is 1.00. The number of nitrogens with one attached hydrogen (secondary N) is 1. The van der Waals surface area contributed by atoms with Gasteiger partial charge in [-0.3, -0.25) is 4.79 Å². The zero-order valence-electron chi connectivity index (χ0n) is 16.7. The van der Waals surface area contributed by atoms with Crippen LogP contribution in [0.2, 0.25) is 0 Å². The predicted octanol–water partition coefficient (Wildman–Crippen LogP) is 3.59. The van der Waals surface area contributed by atoms with Gasteiger partial charge in [0.05, 0.1) is 12.2 Å². The van der Waals surface area contributed by atoms with Crippen LogP contribution in [0, 0.1) is 5.92 Å². The number of aromatic nitrogens is 3. The van der Waals surface area contributed by atoms with E-state index in [1.807, 2.05) is 38.1 Å².